The summed E-state index contributed by atoms with van der Waals surface area (Å²) in [6, 6.07) is 6.89. The Hall–Kier alpha value is -0.780. The molecule has 0 unspecified atom stereocenters. The number of benzene rings is 1. The molecule has 1 aromatic rings. The average molecular weight is 202 g/mol. The topological polar surface area (TPSA) is 0 Å². The van der Waals surface area contributed by atoms with Crippen molar-refractivity contribution in [2.45, 2.75) is 52.9 Å². The van der Waals surface area contributed by atoms with E-state index in [4.69, 9.17) is 0 Å². The van der Waals surface area contributed by atoms with Crippen molar-refractivity contribution in [1.29, 1.82) is 0 Å². The highest BCUT2D eigenvalue weighted by Gasteiger charge is 2.17. The van der Waals surface area contributed by atoms with E-state index in [0.29, 0.717) is 5.41 Å². The summed E-state index contributed by atoms with van der Waals surface area (Å²) in [6.45, 7) is 6.99. The zero-order chi connectivity index (χ0) is 10.9. The minimum absolute atomic E-state index is 0.409. The Bertz CT molecular complexity index is 342. The van der Waals surface area contributed by atoms with Gasteiger partial charge in [0.25, 0.3) is 0 Å². The Kier molecular flexibility index (Phi) is 2.86. The Morgan fingerprint density at radius 3 is 2.53 bits per heavy atom. The molecule has 0 aliphatic heterocycles. The lowest BCUT2D eigenvalue weighted by atomic mass is 9.81. The van der Waals surface area contributed by atoms with Crippen molar-refractivity contribution in [2.24, 2.45) is 5.41 Å². The Balaban J connectivity index is 2.31. The third-order valence-corrected chi connectivity index (χ3v) is 3.21. The fourth-order valence-electron chi connectivity index (χ4n) is 2.60. The van der Waals surface area contributed by atoms with E-state index >= 15 is 0 Å². The first-order valence-electron chi connectivity index (χ1n) is 6.16. The second-order valence-corrected chi connectivity index (χ2v) is 6.00. The van der Waals surface area contributed by atoms with Crippen LogP contribution in [0.2, 0.25) is 0 Å². The molecule has 0 amide bonds. The van der Waals surface area contributed by atoms with Crippen LogP contribution in [0, 0.1) is 5.41 Å². The van der Waals surface area contributed by atoms with Crippen LogP contribution in [0.5, 0.6) is 0 Å². The maximum atomic E-state index is 2.33. The zero-order valence-electron chi connectivity index (χ0n) is 10.3. The van der Waals surface area contributed by atoms with Gasteiger partial charge in [-0.1, -0.05) is 39.0 Å². The number of rotatable bonds is 1. The van der Waals surface area contributed by atoms with Crippen molar-refractivity contribution in [3.05, 3.63) is 34.9 Å². The van der Waals surface area contributed by atoms with Crippen LogP contribution >= 0.6 is 0 Å². The van der Waals surface area contributed by atoms with Crippen LogP contribution in [0.1, 0.15) is 50.3 Å². The van der Waals surface area contributed by atoms with Gasteiger partial charge in [0.15, 0.2) is 0 Å². The van der Waals surface area contributed by atoms with Crippen LogP contribution in [0.15, 0.2) is 18.2 Å². The summed E-state index contributed by atoms with van der Waals surface area (Å²) < 4.78 is 0. The molecular weight excluding hydrogens is 180 g/mol. The quantitative estimate of drug-likeness (QED) is 0.641. The number of hydrogen-bond donors (Lipinski definition) is 0. The second kappa shape index (κ2) is 4.00. The predicted octanol–water partition coefficient (Wildman–Crippen LogP) is 4.15. The molecular formula is C15H22. The van der Waals surface area contributed by atoms with Crippen LogP contribution in [0.4, 0.5) is 0 Å². The highest BCUT2D eigenvalue weighted by Crippen LogP contribution is 2.29. The molecule has 0 heteroatoms. The third kappa shape index (κ3) is 2.62. The van der Waals surface area contributed by atoms with Crippen molar-refractivity contribution in [3.8, 4) is 0 Å². The molecule has 0 atom stereocenters. The molecule has 0 aromatic heterocycles. The molecule has 82 valence electrons. The summed E-state index contributed by atoms with van der Waals surface area (Å²) in [7, 11) is 0. The zero-order valence-corrected chi connectivity index (χ0v) is 10.3. The summed E-state index contributed by atoms with van der Waals surface area (Å²) in [4.78, 5) is 0. The van der Waals surface area contributed by atoms with Gasteiger partial charge in [-0.3, -0.25) is 0 Å². The van der Waals surface area contributed by atoms with E-state index in [9.17, 15) is 0 Å². The number of fused-ring (bicyclic) bond motifs is 1. The first kappa shape index (κ1) is 10.7. The summed E-state index contributed by atoms with van der Waals surface area (Å²) in [5, 5.41) is 0. The van der Waals surface area contributed by atoms with Crippen molar-refractivity contribution >= 4 is 0 Å². The maximum absolute atomic E-state index is 2.33. The fourth-order valence-corrected chi connectivity index (χ4v) is 2.60. The lowest BCUT2D eigenvalue weighted by Gasteiger charge is -2.24. The largest absolute Gasteiger partial charge is 0.0617 e. The van der Waals surface area contributed by atoms with Crippen LogP contribution in [0.3, 0.4) is 0 Å². The number of hydrogen-bond acceptors (Lipinski definition) is 0. The SMILES string of the molecule is CC(C)(C)Cc1cccc2c1CCCC2. The van der Waals surface area contributed by atoms with Crippen LogP contribution < -0.4 is 0 Å². The van der Waals surface area contributed by atoms with E-state index in [-0.39, 0.29) is 0 Å². The van der Waals surface area contributed by atoms with Crippen molar-refractivity contribution in [3.63, 3.8) is 0 Å². The fraction of sp³-hybridized carbons (Fsp3) is 0.600. The van der Waals surface area contributed by atoms with E-state index in [0.717, 1.165) is 0 Å². The van der Waals surface area contributed by atoms with E-state index < -0.39 is 0 Å². The molecule has 0 saturated heterocycles. The molecule has 0 bridgehead atoms. The third-order valence-electron chi connectivity index (χ3n) is 3.21. The van der Waals surface area contributed by atoms with Gasteiger partial charge in [0.1, 0.15) is 0 Å². The molecule has 0 fully saturated rings. The average Bonchev–Trinajstić information content (AvgIpc) is 2.16. The molecule has 15 heavy (non-hydrogen) atoms. The Morgan fingerprint density at radius 2 is 1.80 bits per heavy atom. The van der Waals surface area contributed by atoms with Gasteiger partial charge in [-0.15, -0.1) is 0 Å². The van der Waals surface area contributed by atoms with Crippen molar-refractivity contribution < 1.29 is 0 Å². The highest BCUT2D eigenvalue weighted by atomic mass is 14.2. The van der Waals surface area contributed by atoms with Crippen LogP contribution in [-0.4, -0.2) is 0 Å². The van der Waals surface area contributed by atoms with Gasteiger partial charge in [-0.25, -0.2) is 0 Å². The Morgan fingerprint density at radius 1 is 1.07 bits per heavy atom. The smallest absolute Gasteiger partial charge is 0.0227 e. The maximum Gasteiger partial charge on any atom is -0.0227 e. The van der Waals surface area contributed by atoms with Gasteiger partial charge >= 0.3 is 0 Å². The summed E-state index contributed by atoms with van der Waals surface area (Å²) in [5.41, 5.74) is 5.29. The van der Waals surface area contributed by atoms with Gasteiger partial charge < -0.3 is 0 Å². The van der Waals surface area contributed by atoms with Gasteiger partial charge in [-0.2, -0.15) is 0 Å². The minimum atomic E-state index is 0.409. The van der Waals surface area contributed by atoms with Crippen LogP contribution in [-0.2, 0) is 19.3 Å². The second-order valence-electron chi connectivity index (χ2n) is 6.00. The molecule has 0 nitrogen and oxygen atoms in total. The van der Waals surface area contributed by atoms with Crippen LogP contribution in [0.25, 0.3) is 0 Å². The standard InChI is InChI=1S/C15H22/c1-15(2,3)11-13-9-6-8-12-7-4-5-10-14(12)13/h6,8-9H,4-5,7,10-11H2,1-3H3. The molecule has 1 aliphatic carbocycles. The monoisotopic (exact) mass is 202 g/mol. The van der Waals surface area contributed by atoms with E-state index in [1.54, 1.807) is 16.7 Å². The lowest BCUT2D eigenvalue weighted by molar-refractivity contribution is 0.409. The van der Waals surface area contributed by atoms with Gasteiger partial charge in [0, 0.05) is 0 Å². The highest BCUT2D eigenvalue weighted by molar-refractivity contribution is 5.37. The Labute approximate surface area is 93.7 Å². The molecule has 2 rings (SSSR count). The van der Waals surface area contributed by atoms with Crippen molar-refractivity contribution in [1.82, 2.24) is 0 Å². The molecule has 0 spiro atoms. The molecule has 1 aromatic carbocycles. The van der Waals surface area contributed by atoms with Gasteiger partial charge in [0.2, 0.25) is 0 Å². The predicted molar refractivity (Wildman–Crippen MR) is 66.2 cm³/mol. The van der Waals surface area contributed by atoms with E-state index in [2.05, 4.69) is 39.0 Å². The molecule has 1 aliphatic rings. The summed E-state index contributed by atoms with van der Waals surface area (Å²) in [5.74, 6) is 0. The van der Waals surface area contributed by atoms with Gasteiger partial charge in [0.05, 0.1) is 0 Å². The normalized spacial score (nSPS) is 16.2. The van der Waals surface area contributed by atoms with E-state index in [1.165, 1.54) is 32.1 Å². The lowest BCUT2D eigenvalue weighted by Crippen LogP contribution is -2.13. The summed E-state index contributed by atoms with van der Waals surface area (Å²) >= 11 is 0. The molecule has 0 radical (unpaired) electrons. The summed E-state index contributed by atoms with van der Waals surface area (Å²) in [6.07, 6.45) is 6.59. The van der Waals surface area contributed by atoms with E-state index in [1.807, 2.05) is 0 Å². The molecule has 0 saturated carbocycles. The number of aryl methyl sites for hydroxylation is 1. The first-order chi connectivity index (χ1) is 7.06. The molecule has 0 N–H and O–H groups in total. The first-order valence-corrected chi connectivity index (χ1v) is 6.16. The van der Waals surface area contributed by atoms with Gasteiger partial charge in [-0.05, 0) is 54.2 Å². The van der Waals surface area contributed by atoms with Crippen molar-refractivity contribution in [2.75, 3.05) is 0 Å². The molecule has 0 heterocycles. The minimum Gasteiger partial charge on any atom is -0.0617 e.